The van der Waals surface area contributed by atoms with Gasteiger partial charge < -0.3 is 0 Å². The van der Waals surface area contributed by atoms with Gasteiger partial charge in [0.1, 0.15) is 0 Å². The van der Waals surface area contributed by atoms with Crippen molar-refractivity contribution >= 4 is 47.6 Å². The zero-order chi connectivity index (χ0) is 14.4. The summed E-state index contributed by atoms with van der Waals surface area (Å²) in [5.41, 5.74) is 0.454. The van der Waals surface area contributed by atoms with Crippen molar-refractivity contribution in [3.63, 3.8) is 0 Å². The van der Waals surface area contributed by atoms with E-state index in [1.807, 2.05) is 0 Å². The molecule has 2 aromatic rings. The van der Waals surface area contributed by atoms with Gasteiger partial charge >= 0.3 is 129 Å². The van der Waals surface area contributed by atoms with E-state index in [1.165, 1.54) is 11.0 Å². The molecule has 0 aliphatic carbocycles. The first kappa shape index (κ1) is 14.3. The topological polar surface area (TPSA) is 114 Å². The molecule has 3 N–H and O–H groups in total. The Morgan fingerprint density at radius 2 is 2.10 bits per heavy atom. The summed E-state index contributed by atoms with van der Waals surface area (Å²) in [5.74, 6) is 0. The fraction of sp³-hybridized carbons (Fsp3) is 0.500. The van der Waals surface area contributed by atoms with Crippen LogP contribution in [0.5, 0.6) is 0 Å². The Labute approximate surface area is 129 Å². The first-order valence-electron chi connectivity index (χ1n) is 5.72. The summed E-state index contributed by atoms with van der Waals surface area (Å²) in [6, 6.07) is 0. The van der Waals surface area contributed by atoms with Crippen LogP contribution in [0.4, 0.5) is 0 Å². The molecule has 20 heavy (non-hydrogen) atoms. The van der Waals surface area contributed by atoms with Gasteiger partial charge in [0.15, 0.2) is 0 Å². The monoisotopic (exact) mass is 409 g/mol. The van der Waals surface area contributed by atoms with E-state index >= 15 is 0 Å². The zero-order valence-corrected chi connectivity index (χ0v) is 13.2. The number of fused-ring (bicyclic) bond motifs is 1. The number of hydrogen-bond donors (Lipinski definition) is 3. The van der Waals surface area contributed by atoms with E-state index in [1.54, 1.807) is 0 Å². The third-order valence-corrected chi connectivity index (χ3v) is 4.37. The summed E-state index contributed by atoms with van der Waals surface area (Å²) in [5, 5.41) is 33.8. The predicted molar refractivity (Wildman–Crippen MR) is 71.4 cm³/mol. The second kappa shape index (κ2) is 5.30. The Kier molecular flexibility index (Phi) is 3.80. The van der Waals surface area contributed by atoms with Crippen LogP contribution in [0.1, 0.15) is 6.23 Å². The number of nitrogens with zero attached hydrogens (tertiary/aromatic N) is 4. The molecule has 0 aromatic carbocycles. The molecule has 1 aliphatic heterocycles. The number of aliphatic hydroxyl groups is 3. The van der Waals surface area contributed by atoms with Crippen LogP contribution >= 0.6 is 15.9 Å². The Morgan fingerprint density at radius 1 is 1.35 bits per heavy atom. The molecule has 1 radical (unpaired) electrons. The van der Waals surface area contributed by atoms with Gasteiger partial charge in [-0.25, -0.2) is 0 Å². The maximum atomic E-state index is 10.0. The van der Waals surface area contributed by atoms with Gasteiger partial charge in [0.25, 0.3) is 0 Å². The van der Waals surface area contributed by atoms with E-state index < -0.39 is 31.1 Å². The molecular formula is C10H10BrN4O4Se. The van der Waals surface area contributed by atoms with Crippen molar-refractivity contribution in [2.24, 2.45) is 0 Å². The zero-order valence-electron chi connectivity index (χ0n) is 9.92. The molecule has 0 spiro atoms. The molecular weight excluding hydrogens is 399 g/mol. The van der Waals surface area contributed by atoms with Crippen molar-refractivity contribution in [3.05, 3.63) is 10.9 Å². The van der Waals surface area contributed by atoms with Gasteiger partial charge in [-0.1, -0.05) is 0 Å². The van der Waals surface area contributed by atoms with Crippen molar-refractivity contribution in [1.29, 1.82) is 0 Å². The average Bonchev–Trinajstić information content (AvgIpc) is 2.90. The molecule has 3 heterocycles. The van der Waals surface area contributed by atoms with Gasteiger partial charge in [-0.15, -0.1) is 0 Å². The SMILES string of the molecule is OC[C@H]1OC(n2nc(Br)c3c([Se])ncnc32)[C@H](O)[C@@H]1O. The molecule has 10 heteroatoms. The molecule has 2 aromatic heterocycles. The number of aliphatic hydroxyl groups excluding tert-OH is 3. The number of hydrogen-bond acceptors (Lipinski definition) is 7. The van der Waals surface area contributed by atoms with E-state index in [0.717, 1.165) is 0 Å². The molecule has 107 valence electrons. The van der Waals surface area contributed by atoms with E-state index in [9.17, 15) is 10.2 Å². The van der Waals surface area contributed by atoms with Gasteiger partial charge in [-0.05, 0) is 0 Å². The molecule has 1 saturated heterocycles. The molecule has 3 rings (SSSR count). The first-order valence-corrected chi connectivity index (χ1v) is 7.37. The first-order chi connectivity index (χ1) is 9.54. The van der Waals surface area contributed by atoms with E-state index in [0.29, 0.717) is 20.2 Å². The number of ether oxygens (including phenoxy) is 1. The number of halogens is 1. The molecule has 1 aliphatic rings. The van der Waals surface area contributed by atoms with Gasteiger partial charge in [0, 0.05) is 0 Å². The Balaban J connectivity index is 2.10. The van der Waals surface area contributed by atoms with E-state index in [4.69, 9.17) is 9.84 Å². The third kappa shape index (κ3) is 2.08. The van der Waals surface area contributed by atoms with E-state index in [2.05, 4.69) is 47.0 Å². The van der Waals surface area contributed by atoms with Crippen LogP contribution in [0.3, 0.4) is 0 Å². The Hall–Kier alpha value is -0.611. The molecule has 4 atom stereocenters. The predicted octanol–water partition coefficient (Wildman–Crippen LogP) is -2.01. The quantitative estimate of drug-likeness (QED) is 0.492. The maximum absolute atomic E-state index is 10.0. The summed E-state index contributed by atoms with van der Waals surface area (Å²) < 4.78 is 7.92. The Morgan fingerprint density at radius 3 is 2.75 bits per heavy atom. The molecule has 0 amide bonds. The molecule has 0 saturated carbocycles. The number of rotatable bonds is 2. The fourth-order valence-corrected chi connectivity index (χ4v) is 3.49. The second-order valence-corrected chi connectivity index (χ2v) is 5.90. The Bertz CT molecular complexity index is 653. The minimum absolute atomic E-state index is 0.392. The van der Waals surface area contributed by atoms with Crippen LogP contribution in [0, 0.1) is 0 Å². The van der Waals surface area contributed by atoms with Crippen molar-refractivity contribution in [2.45, 2.75) is 24.5 Å². The van der Waals surface area contributed by atoms with Crippen LogP contribution in [-0.2, 0) is 4.74 Å². The minimum atomic E-state index is -1.21. The van der Waals surface area contributed by atoms with E-state index in [-0.39, 0.29) is 0 Å². The fourth-order valence-electron chi connectivity index (χ4n) is 2.17. The summed E-state index contributed by atoms with van der Waals surface area (Å²) in [7, 11) is 0. The normalized spacial score (nSPS) is 30.2. The van der Waals surface area contributed by atoms with Crippen molar-refractivity contribution in [2.75, 3.05) is 6.61 Å². The van der Waals surface area contributed by atoms with Gasteiger partial charge in [0.05, 0.1) is 0 Å². The molecule has 1 unspecified atom stereocenters. The summed E-state index contributed by atoms with van der Waals surface area (Å²) in [6.07, 6.45) is -2.81. The van der Waals surface area contributed by atoms with Gasteiger partial charge in [0.2, 0.25) is 0 Å². The van der Waals surface area contributed by atoms with Crippen molar-refractivity contribution in [3.8, 4) is 0 Å². The van der Waals surface area contributed by atoms with Crippen molar-refractivity contribution < 1.29 is 20.1 Å². The standard InChI is InChI=1S/C10H10BrN4O4Se/c11-7-4-8(12-2-13-9(4)20)15(14-7)10-6(18)5(17)3(1-16)19-10/h2-3,5-6,10,16-18H,1H2/t3-,5-,6-,10?/m1/s1. The van der Waals surface area contributed by atoms with Crippen LogP contribution in [0.15, 0.2) is 10.9 Å². The van der Waals surface area contributed by atoms with Crippen molar-refractivity contribution in [1.82, 2.24) is 19.7 Å². The summed E-state index contributed by atoms with van der Waals surface area (Å²) in [4.78, 5) is 8.15. The third-order valence-electron chi connectivity index (χ3n) is 3.17. The van der Waals surface area contributed by atoms with Crippen LogP contribution in [0.25, 0.3) is 11.0 Å². The van der Waals surface area contributed by atoms with Crippen LogP contribution < -0.4 is 4.59 Å². The molecule has 8 nitrogen and oxygen atoms in total. The second-order valence-electron chi connectivity index (χ2n) is 4.34. The molecule has 1 fully saturated rings. The number of aromatic nitrogens is 4. The van der Waals surface area contributed by atoms with Gasteiger partial charge in [-0.2, -0.15) is 0 Å². The average molecular weight is 409 g/mol. The van der Waals surface area contributed by atoms with Crippen LogP contribution in [-0.4, -0.2) is 76.0 Å². The van der Waals surface area contributed by atoms with Crippen LogP contribution in [0.2, 0.25) is 0 Å². The van der Waals surface area contributed by atoms with Gasteiger partial charge in [-0.3, -0.25) is 0 Å². The summed E-state index contributed by atoms with van der Waals surface area (Å²) >= 11 is 6.10. The molecule has 0 bridgehead atoms. The summed E-state index contributed by atoms with van der Waals surface area (Å²) in [6.45, 7) is -0.392.